The molecule has 1 amide bonds. The number of carbonyl (C=O) groups excluding carboxylic acids is 1. The number of aromatic nitrogens is 3. The number of nitrogens with zero attached hydrogens (tertiary/aromatic N) is 3. The van der Waals surface area contributed by atoms with Gasteiger partial charge in [-0.1, -0.05) is 41.9 Å². The summed E-state index contributed by atoms with van der Waals surface area (Å²) in [6, 6.07) is 15.7. The highest BCUT2D eigenvalue weighted by Gasteiger charge is 2.24. The summed E-state index contributed by atoms with van der Waals surface area (Å²) < 4.78 is 3.24. The lowest BCUT2D eigenvalue weighted by molar-refractivity contribution is -0.122. The molecule has 0 spiro atoms. The van der Waals surface area contributed by atoms with Gasteiger partial charge in [-0.15, -0.1) is 0 Å². The summed E-state index contributed by atoms with van der Waals surface area (Å²) >= 11 is 6.01. The van der Waals surface area contributed by atoms with Gasteiger partial charge >= 0.3 is 0 Å². The van der Waals surface area contributed by atoms with E-state index in [1.807, 2.05) is 53.1 Å². The molecule has 1 saturated carbocycles. The molecule has 2 aromatic heterocycles. The van der Waals surface area contributed by atoms with Crippen molar-refractivity contribution in [1.82, 2.24) is 19.7 Å². The molecule has 29 heavy (non-hydrogen) atoms. The van der Waals surface area contributed by atoms with Gasteiger partial charge < -0.3 is 9.88 Å². The number of carbonyl (C=O) groups is 1. The molecule has 1 fully saturated rings. The van der Waals surface area contributed by atoms with Crippen LogP contribution in [0.4, 0.5) is 0 Å². The Morgan fingerprint density at radius 1 is 1.10 bits per heavy atom. The van der Waals surface area contributed by atoms with Crippen LogP contribution in [0.25, 0.3) is 21.8 Å². The van der Waals surface area contributed by atoms with Crippen molar-refractivity contribution in [2.75, 3.05) is 0 Å². The zero-order valence-electron chi connectivity index (χ0n) is 15.6. The fourth-order valence-corrected chi connectivity index (χ4v) is 3.81. The SMILES string of the molecule is O=C(Cn1ncc2c3ccccc3n(Cc3ccc(Cl)cc3)c2c1=O)NC1CC1. The predicted molar refractivity (Wildman–Crippen MR) is 113 cm³/mol. The predicted octanol–water partition coefficient (Wildman–Crippen LogP) is 3.33. The Bertz CT molecular complexity index is 1290. The van der Waals surface area contributed by atoms with Crippen molar-refractivity contribution < 1.29 is 4.79 Å². The Morgan fingerprint density at radius 3 is 2.62 bits per heavy atom. The van der Waals surface area contributed by atoms with E-state index in [4.69, 9.17) is 11.6 Å². The Kier molecular flexibility index (Phi) is 4.36. The van der Waals surface area contributed by atoms with Gasteiger partial charge in [0, 0.05) is 33.9 Å². The number of para-hydroxylation sites is 1. The molecule has 6 nitrogen and oxygen atoms in total. The number of rotatable bonds is 5. The van der Waals surface area contributed by atoms with E-state index in [-0.39, 0.29) is 24.1 Å². The summed E-state index contributed by atoms with van der Waals surface area (Å²) in [5, 5.41) is 9.60. The van der Waals surface area contributed by atoms with Crippen molar-refractivity contribution >= 4 is 39.3 Å². The lowest BCUT2D eigenvalue weighted by atomic mass is 10.2. The largest absolute Gasteiger partial charge is 0.352 e. The third kappa shape index (κ3) is 3.40. The number of amides is 1. The topological polar surface area (TPSA) is 68.9 Å². The van der Waals surface area contributed by atoms with E-state index >= 15 is 0 Å². The first kappa shape index (κ1) is 17.9. The molecule has 0 bridgehead atoms. The minimum absolute atomic E-state index is 0.0757. The molecule has 2 aromatic carbocycles. The third-order valence-electron chi connectivity index (χ3n) is 5.26. The van der Waals surface area contributed by atoms with Crippen LogP contribution in [-0.2, 0) is 17.9 Å². The van der Waals surface area contributed by atoms with Crippen LogP contribution >= 0.6 is 11.6 Å². The van der Waals surface area contributed by atoms with Gasteiger partial charge in [-0.25, -0.2) is 4.68 Å². The normalized spacial score (nSPS) is 13.8. The minimum atomic E-state index is -0.265. The first-order valence-electron chi connectivity index (χ1n) is 9.61. The van der Waals surface area contributed by atoms with E-state index in [1.165, 1.54) is 4.68 Å². The molecule has 146 valence electrons. The molecule has 1 aliphatic rings. The first-order chi connectivity index (χ1) is 14.1. The van der Waals surface area contributed by atoms with Gasteiger partial charge in [0.15, 0.2) is 0 Å². The summed E-state index contributed by atoms with van der Waals surface area (Å²) in [5.41, 5.74) is 2.27. The molecular weight excluding hydrogens is 388 g/mol. The molecule has 1 aliphatic carbocycles. The molecule has 7 heteroatoms. The smallest absolute Gasteiger partial charge is 0.291 e. The van der Waals surface area contributed by atoms with Crippen molar-refractivity contribution in [3.05, 3.63) is 75.7 Å². The number of fused-ring (bicyclic) bond motifs is 3. The fourth-order valence-electron chi connectivity index (χ4n) is 3.68. The van der Waals surface area contributed by atoms with Gasteiger partial charge in [0.05, 0.1) is 6.20 Å². The van der Waals surface area contributed by atoms with E-state index in [2.05, 4.69) is 10.4 Å². The molecule has 2 heterocycles. The van der Waals surface area contributed by atoms with Crippen LogP contribution < -0.4 is 10.9 Å². The van der Waals surface area contributed by atoms with Crippen molar-refractivity contribution in [3.8, 4) is 0 Å². The van der Waals surface area contributed by atoms with Gasteiger partial charge in [-0.05, 0) is 36.6 Å². The second kappa shape index (κ2) is 7.04. The highest BCUT2D eigenvalue weighted by molar-refractivity contribution is 6.30. The average Bonchev–Trinajstić information content (AvgIpc) is 3.47. The average molecular weight is 407 g/mol. The van der Waals surface area contributed by atoms with E-state index in [9.17, 15) is 9.59 Å². The summed E-state index contributed by atoms with van der Waals surface area (Å²) in [6.07, 6.45) is 3.69. The standard InChI is InChI=1S/C22H19ClN4O2/c23-15-7-5-14(6-8-15)12-26-19-4-2-1-3-17(19)18-11-24-27(22(29)21(18)26)13-20(28)25-16-9-10-16/h1-8,11,16H,9-10,12-13H2,(H,25,28). The molecule has 0 saturated heterocycles. The minimum Gasteiger partial charge on any atom is -0.352 e. The lowest BCUT2D eigenvalue weighted by Gasteiger charge is -2.09. The Balaban J connectivity index is 1.63. The summed E-state index contributed by atoms with van der Waals surface area (Å²) in [5.74, 6) is -0.179. The molecule has 0 atom stereocenters. The zero-order valence-corrected chi connectivity index (χ0v) is 16.4. The van der Waals surface area contributed by atoms with Crippen molar-refractivity contribution in [2.24, 2.45) is 0 Å². The first-order valence-corrected chi connectivity index (χ1v) is 9.99. The molecule has 0 aliphatic heterocycles. The number of halogens is 1. The maximum absolute atomic E-state index is 13.3. The maximum Gasteiger partial charge on any atom is 0.291 e. The highest BCUT2D eigenvalue weighted by atomic mass is 35.5. The Hall–Kier alpha value is -3.12. The number of hydrogen-bond acceptors (Lipinski definition) is 3. The second-order valence-corrected chi connectivity index (χ2v) is 7.88. The molecule has 5 rings (SSSR count). The van der Waals surface area contributed by atoms with Gasteiger partial charge in [-0.2, -0.15) is 5.10 Å². The maximum atomic E-state index is 13.3. The molecule has 1 N–H and O–H groups in total. The van der Waals surface area contributed by atoms with Gasteiger partial charge in [0.25, 0.3) is 5.56 Å². The Labute approximate surface area is 171 Å². The summed E-state index contributed by atoms with van der Waals surface area (Å²) in [6.45, 7) is 0.447. The van der Waals surface area contributed by atoms with Crippen molar-refractivity contribution in [3.63, 3.8) is 0 Å². The molecular formula is C22H19ClN4O2. The third-order valence-corrected chi connectivity index (χ3v) is 5.52. The summed E-state index contributed by atoms with van der Waals surface area (Å²) in [7, 11) is 0. The fraction of sp³-hybridized carbons (Fsp3) is 0.227. The molecule has 4 aromatic rings. The quantitative estimate of drug-likeness (QED) is 0.552. The Morgan fingerprint density at radius 2 is 1.86 bits per heavy atom. The molecule has 0 radical (unpaired) electrons. The van der Waals surface area contributed by atoms with Crippen LogP contribution in [0.2, 0.25) is 5.02 Å². The lowest BCUT2D eigenvalue weighted by Crippen LogP contribution is -2.35. The number of hydrogen-bond donors (Lipinski definition) is 1. The summed E-state index contributed by atoms with van der Waals surface area (Å²) in [4.78, 5) is 25.5. The van der Waals surface area contributed by atoms with Crippen LogP contribution in [-0.4, -0.2) is 26.3 Å². The van der Waals surface area contributed by atoms with Gasteiger partial charge in [0.1, 0.15) is 12.1 Å². The van der Waals surface area contributed by atoms with E-state index in [0.717, 1.165) is 34.7 Å². The van der Waals surface area contributed by atoms with Crippen LogP contribution in [0.1, 0.15) is 18.4 Å². The van der Waals surface area contributed by atoms with Crippen molar-refractivity contribution in [2.45, 2.75) is 32.0 Å². The number of benzene rings is 2. The van der Waals surface area contributed by atoms with Gasteiger partial charge in [-0.3, -0.25) is 9.59 Å². The highest BCUT2D eigenvalue weighted by Crippen LogP contribution is 2.27. The van der Waals surface area contributed by atoms with Crippen LogP contribution in [0.5, 0.6) is 0 Å². The van der Waals surface area contributed by atoms with E-state index in [0.29, 0.717) is 17.1 Å². The zero-order chi connectivity index (χ0) is 20.0. The number of nitrogens with one attached hydrogen (secondary N) is 1. The van der Waals surface area contributed by atoms with Crippen LogP contribution in [0, 0.1) is 0 Å². The monoisotopic (exact) mass is 406 g/mol. The molecule has 0 unspecified atom stereocenters. The van der Waals surface area contributed by atoms with Crippen LogP contribution in [0.15, 0.2) is 59.5 Å². The van der Waals surface area contributed by atoms with E-state index in [1.54, 1.807) is 6.20 Å². The second-order valence-electron chi connectivity index (χ2n) is 7.44. The van der Waals surface area contributed by atoms with E-state index < -0.39 is 0 Å². The van der Waals surface area contributed by atoms with Gasteiger partial charge in [0.2, 0.25) is 5.91 Å². The van der Waals surface area contributed by atoms with Crippen molar-refractivity contribution in [1.29, 1.82) is 0 Å². The van der Waals surface area contributed by atoms with Crippen LogP contribution in [0.3, 0.4) is 0 Å².